The third kappa shape index (κ3) is 4.36. The molecule has 1 fully saturated rings. The Morgan fingerprint density at radius 3 is 2.77 bits per heavy atom. The van der Waals surface area contributed by atoms with Crippen LogP contribution in [0, 0.1) is 0 Å². The number of rotatable bonds is 9. The minimum atomic E-state index is -0.0636. The second-order valence-electron chi connectivity index (χ2n) is 7.52. The number of aromatic amines is 1. The van der Waals surface area contributed by atoms with E-state index < -0.39 is 0 Å². The Kier molecular flexibility index (Phi) is 5.74. The Balaban J connectivity index is 1.22. The van der Waals surface area contributed by atoms with Gasteiger partial charge in [0.15, 0.2) is 11.0 Å². The van der Waals surface area contributed by atoms with E-state index in [9.17, 15) is 4.79 Å². The summed E-state index contributed by atoms with van der Waals surface area (Å²) in [6.45, 7) is 0.994. The van der Waals surface area contributed by atoms with Gasteiger partial charge in [-0.25, -0.2) is 4.79 Å². The molecule has 0 saturated heterocycles. The van der Waals surface area contributed by atoms with Gasteiger partial charge in [-0.1, -0.05) is 47.6 Å². The molecule has 7 nitrogen and oxygen atoms in total. The maximum atomic E-state index is 12.2. The van der Waals surface area contributed by atoms with Crippen molar-refractivity contribution in [1.29, 1.82) is 0 Å². The molecule has 1 aliphatic rings. The summed E-state index contributed by atoms with van der Waals surface area (Å²) in [6, 6.07) is 15.6. The molecular formula is C22H22ClN5O2S. The van der Waals surface area contributed by atoms with Crippen molar-refractivity contribution in [3.63, 3.8) is 0 Å². The van der Waals surface area contributed by atoms with Gasteiger partial charge in [0.1, 0.15) is 12.4 Å². The topological polar surface area (TPSA) is 77.7 Å². The van der Waals surface area contributed by atoms with Crippen LogP contribution >= 0.6 is 23.4 Å². The van der Waals surface area contributed by atoms with Crippen LogP contribution in [-0.4, -0.2) is 30.1 Å². The van der Waals surface area contributed by atoms with Crippen LogP contribution in [0.2, 0.25) is 5.02 Å². The molecule has 160 valence electrons. The number of fused-ring (bicyclic) bond motifs is 1. The fraction of sp³-hybridized carbons (Fsp3) is 0.318. The van der Waals surface area contributed by atoms with Crippen LogP contribution in [0.3, 0.4) is 0 Å². The van der Waals surface area contributed by atoms with Gasteiger partial charge in [-0.2, -0.15) is 0 Å². The number of para-hydroxylation sites is 3. The number of aryl methyl sites for hydroxylation is 1. The van der Waals surface area contributed by atoms with Gasteiger partial charge in [0.25, 0.3) is 0 Å². The van der Waals surface area contributed by atoms with Gasteiger partial charge in [0.05, 0.1) is 16.1 Å². The number of benzene rings is 2. The molecule has 1 aliphatic carbocycles. The largest absolute Gasteiger partial charge is 0.484 e. The van der Waals surface area contributed by atoms with Gasteiger partial charge in [-0.05, 0) is 43.5 Å². The van der Waals surface area contributed by atoms with Crippen molar-refractivity contribution >= 4 is 34.4 Å². The average Bonchev–Trinajstić information content (AvgIpc) is 3.45. The normalized spacial score (nSPS) is 13.7. The van der Waals surface area contributed by atoms with E-state index in [0.29, 0.717) is 30.0 Å². The molecule has 0 amide bonds. The first-order chi connectivity index (χ1) is 15.2. The fourth-order valence-electron chi connectivity index (χ4n) is 3.62. The smallest absolute Gasteiger partial charge is 0.326 e. The van der Waals surface area contributed by atoms with E-state index in [1.54, 1.807) is 16.3 Å². The minimum Gasteiger partial charge on any atom is -0.484 e. The summed E-state index contributed by atoms with van der Waals surface area (Å²) in [6.07, 6.45) is 3.13. The average molecular weight is 456 g/mol. The zero-order valence-corrected chi connectivity index (χ0v) is 18.4. The monoisotopic (exact) mass is 455 g/mol. The molecule has 2 aromatic carbocycles. The highest BCUT2D eigenvalue weighted by Crippen LogP contribution is 2.39. The van der Waals surface area contributed by atoms with E-state index in [2.05, 4.69) is 19.7 Å². The Labute approximate surface area is 188 Å². The first-order valence-electron chi connectivity index (χ1n) is 10.3. The van der Waals surface area contributed by atoms with Gasteiger partial charge in [0.2, 0.25) is 0 Å². The standard InChI is InChI=1S/C22H22ClN5O2S/c23-16-6-1-4-9-19(16)30-14-20-25-26-22(28(20)15-10-11-15)31-13-5-12-27-18-8-3-2-7-17(18)24-21(27)29/h1-4,6-9,15H,5,10-14H2,(H,24,29). The summed E-state index contributed by atoms with van der Waals surface area (Å²) in [5.41, 5.74) is 1.75. The zero-order chi connectivity index (χ0) is 21.2. The molecule has 0 aliphatic heterocycles. The van der Waals surface area contributed by atoms with Crippen LogP contribution in [-0.2, 0) is 13.2 Å². The maximum Gasteiger partial charge on any atom is 0.326 e. The molecule has 1 N–H and O–H groups in total. The lowest BCUT2D eigenvalue weighted by Gasteiger charge is -2.11. The Morgan fingerprint density at radius 1 is 1.13 bits per heavy atom. The van der Waals surface area contributed by atoms with Gasteiger partial charge in [0, 0.05) is 18.3 Å². The quantitative estimate of drug-likeness (QED) is 0.293. The van der Waals surface area contributed by atoms with Crippen LogP contribution in [0.5, 0.6) is 5.75 Å². The molecule has 4 aromatic rings. The van der Waals surface area contributed by atoms with Crippen LogP contribution in [0.1, 0.15) is 31.1 Å². The molecule has 2 aromatic heterocycles. The van der Waals surface area contributed by atoms with E-state index in [1.807, 2.05) is 48.5 Å². The minimum absolute atomic E-state index is 0.0636. The number of imidazole rings is 1. The van der Waals surface area contributed by atoms with Crippen LogP contribution < -0.4 is 10.4 Å². The van der Waals surface area contributed by atoms with Crippen LogP contribution in [0.25, 0.3) is 11.0 Å². The highest BCUT2D eigenvalue weighted by atomic mass is 35.5. The van der Waals surface area contributed by atoms with Crippen molar-refractivity contribution in [3.8, 4) is 5.75 Å². The third-order valence-corrected chi connectivity index (χ3v) is 6.62. The molecule has 0 bridgehead atoms. The molecular weight excluding hydrogens is 434 g/mol. The molecule has 0 atom stereocenters. The lowest BCUT2D eigenvalue weighted by molar-refractivity contribution is 0.288. The van der Waals surface area contributed by atoms with Gasteiger partial charge in [-0.15, -0.1) is 10.2 Å². The Bertz CT molecular complexity index is 1260. The number of H-pyrrole nitrogens is 1. The summed E-state index contributed by atoms with van der Waals surface area (Å²) >= 11 is 7.86. The lowest BCUT2D eigenvalue weighted by atomic mass is 10.3. The molecule has 1 saturated carbocycles. The summed E-state index contributed by atoms with van der Waals surface area (Å²) in [5.74, 6) is 2.31. The third-order valence-electron chi connectivity index (χ3n) is 5.28. The lowest BCUT2D eigenvalue weighted by Crippen LogP contribution is -2.17. The molecule has 0 radical (unpaired) electrons. The number of halogens is 1. The van der Waals surface area contributed by atoms with Crippen molar-refractivity contribution in [2.24, 2.45) is 0 Å². The van der Waals surface area contributed by atoms with Crippen LogP contribution in [0.4, 0.5) is 0 Å². The van der Waals surface area contributed by atoms with Crippen molar-refractivity contribution in [3.05, 3.63) is 69.9 Å². The van der Waals surface area contributed by atoms with E-state index >= 15 is 0 Å². The molecule has 0 unspecified atom stereocenters. The Hall–Kier alpha value is -2.71. The molecule has 0 spiro atoms. The summed E-state index contributed by atoms with van der Waals surface area (Å²) in [5, 5.41) is 10.3. The summed E-state index contributed by atoms with van der Waals surface area (Å²) in [7, 11) is 0. The summed E-state index contributed by atoms with van der Waals surface area (Å²) < 4.78 is 9.87. The number of nitrogens with zero attached hydrogens (tertiary/aromatic N) is 4. The maximum absolute atomic E-state index is 12.2. The molecule has 5 rings (SSSR count). The number of thioether (sulfide) groups is 1. The van der Waals surface area contributed by atoms with Crippen molar-refractivity contribution in [2.75, 3.05) is 5.75 Å². The van der Waals surface area contributed by atoms with Gasteiger partial charge in [-0.3, -0.25) is 4.57 Å². The van der Waals surface area contributed by atoms with E-state index in [-0.39, 0.29) is 5.69 Å². The van der Waals surface area contributed by atoms with Crippen LogP contribution in [0.15, 0.2) is 58.5 Å². The predicted molar refractivity (Wildman–Crippen MR) is 122 cm³/mol. The predicted octanol–water partition coefficient (Wildman–Crippen LogP) is 4.67. The number of hydrogen-bond donors (Lipinski definition) is 1. The number of nitrogens with one attached hydrogen (secondary N) is 1. The highest BCUT2D eigenvalue weighted by molar-refractivity contribution is 7.99. The van der Waals surface area contributed by atoms with E-state index in [4.69, 9.17) is 16.3 Å². The van der Waals surface area contributed by atoms with E-state index in [0.717, 1.165) is 47.0 Å². The van der Waals surface area contributed by atoms with E-state index in [1.165, 1.54) is 0 Å². The van der Waals surface area contributed by atoms with Gasteiger partial charge < -0.3 is 14.3 Å². The van der Waals surface area contributed by atoms with Crippen molar-refractivity contribution in [2.45, 2.75) is 43.6 Å². The fourth-order valence-corrected chi connectivity index (χ4v) is 4.76. The first kappa shape index (κ1) is 20.2. The molecule has 9 heteroatoms. The Morgan fingerprint density at radius 2 is 1.94 bits per heavy atom. The second kappa shape index (κ2) is 8.80. The first-order valence-corrected chi connectivity index (χ1v) is 11.7. The number of ether oxygens (including phenoxy) is 1. The van der Waals surface area contributed by atoms with Gasteiger partial charge >= 0.3 is 5.69 Å². The SMILES string of the molecule is O=c1[nH]c2ccccc2n1CCCSc1nnc(COc2ccccc2Cl)n1C1CC1. The van der Waals surface area contributed by atoms with Crippen molar-refractivity contribution in [1.82, 2.24) is 24.3 Å². The number of hydrogen-bond acceptors (Lipinski definition) is 5. The second-order valence-corrected chi connectivity index (χ2v) is 8.99. The van der Waals surface area contributed by atoms with Crippen molar-refractivity contribution < 1.29 is 4.74 Å². The zero-order valence-electron chi connectivity index (χ0n) is 16.8. The highest BCUT2D eigenvalue weighted by Gasteiger charge is 2.29. The number of aromatic nitrogens is 5. The molecule has 31 heavy (non-hydrogen) atoms. The summed E-state index contributed by atoms with van der Waals surface area (Å²) in [4.78, 5) is 15.1. The molecule has 2 heterocycles.